The van der Waals surface area contributed by atoms with E-state index in [1.54, 1.807) is 6.07 Å². The van der Waals surface area contributed by atoms with Gasteiger partial charge in [-0.25, -0.2) is 0 Å². The standard InChI is InChI=1S/C28H23Cl4NS/c1-28(2,3)19-12-25(17-4-8-20(29)9-5-17)27(26(13-19)18-6-10-21(30)11-7-18)33-34-24-15-22(31)14-23(32)16-24/h4-16,33H,1-3H3. The summed E-state index contributed by atoms with van der Waals surface area (Å²) in [5.41, 5.74) is 6.46. The lowest BCUT2D eigenvalue weighted by Gasteiger charge is -2.25. The average molecular weight is 547 g/mol. The topological polar surface area (TPSA) is 12.0 Å². The summed E-state index contributed by atoms with van der Waals surface area (Å²) in [7, 11) is 0. The molecule has 0 heterocycles. The number of hydrogen-bond donors (Lipinski definition) is 1. The van der Waals surface area contributed by atoms with Crippen LogP contribution in [0.1, 0.15) is 26.3 Å². The van der Waals surface area contributed by atoms with Crippen molar-refractivity contribution in [2.75, 3.05) is 4.72 Å². The van der Waals surface area contributed by atoms with Gasteiger partial charge in [-0.1, -0.05) is 91.4 Å². The molecule has 0 bridgehead atoms. The molecule has 4 aromatic carbocycles. The van der Waals surface area contributed by atoms with Crippen LogP contribution in [0.5, 0.6) is 0 Å². The summed E-state index contributed by atoms with van der Waals surface area (Å²) >= 11 is 26.3. The quantitative estimate of drug-likeness (QED) is 0.250. The minimum Gasteiger partial charge on any atom is -0.325 e. The highest BCUT2D eigenvalue weighted by atomic mass is 35.5. The first-order valence-corrected chi connectivity index (χ1v) is 13.0. The molecule has 0 aliphatic heterocycles. The SMILES string of the molecule is CC(C)(C)c1cc(-c2ccc(Cl)cc2)c(NSc2cc(Cl)cc(Cl)c2)c(-c2ccc(Cl)cc2)c1. The van der Waals surface area contributed by atoms with Gasteiger partial charge in [0.2, 0.25) is 0 Å². The fourth-order valence-corrected chi connectivity index (χ4v) is 5.32. The van der Waals surface area contributed by atoms with Crippen LogP contribution in [0.25, 0.3) is 22.3 Å². The molecule has 0 aliphatic rings. The summed E-state index contributed by atoms with van der Waals surface area (Å²) in [5.74, 6) is 0. The maximum absolute atomic E-state index is 6.24. The third kappa shape index (κ3) is 6.05. The summed E-state index contributed by atoms with van der Waals surface area (Å²) in [6.07, 6.45) is 0. The van der Waals surface area contributed by atoms with Crippen molar-refractivity contribution in [3.8, 4) is 22.3 Å². The molecule has 34 heavy (non-hydrogen) atoms. The second kappa shape index (κ2) is 10.4. The largest absolute Gasteiger partial charge is 0.325 e. The lowest BCUT2D eigenvalue weighted by molar-refractivity contribution is 0.591. The second-order valence-corrected chi connectivity index (χ2v) is 11.6. The van der Waals surface area contributed by atoms with E-state index in [1.807, 2.05) is 60.7 Å². The lowest BCUT2D eigenvalue weighted by Crippen LogP contribution is -2.12. The Hall–Kier alpha value is -1.81. The number of nitrogens with one attached hydrogen (secondary N) is 1. The number of anilines is 1. The second-order valence-electron chi connectivity index (χ2n) is 9.02. The third-order valence-corrected chi connectivity index (χ3v) is 7.14. The van der Waals surface area contributed by atoms with Gasteiger partial charge in [-0.15, -0.1) is 0 Å². The van der Waals surface area contributed by atoms with Gasteiger partial charge in [-0.3, -0.25) is 0 Å². The highest BCUT2D eigenvalue weighted by Crippen LogP contribution is 2.43. The monoisotopic (exact) mass is 545 g/mol. The van der Waals surface area contributed by atoms with Crippen LogP contribution in [0.15, 0.2) is 83.8 Å². The molecule has 0 saturated heterocycles. The molecule has 0 amide bonds. The van der Waals surface area contributed by atoms with E-state index in [0.29, 0.717) is 20.1 Å². The van der Waals surface area contributed by atoms with Crippen molar-refractivity contribution >= 4 is 64.0 Å². The molecule has 0 saturated carbocycles. The van der Waals surface area contributed by atoms with Crippen molar-refractivity contribution < 1.29 is 0 Å². The minimum absolute atomic E-state index is 0.0471. The van der Waals surface area contributed by atoms with E-state index in [2.05, 4.69) is 37.6 Å². The number of halogens is 4. The van der Waals surface area contributed by atoms with Crippen LogP contribution in [-0.2, 0) is 5.41 Å². The number of hydrogen-bond acceptors (Lipinski definition) is 2. The predicted molar refractivity (Wildman–Crippen MR) is 152 cm³/mol. The molecule has 0 spiro atoms. The van der Waals surface area contributed by atoms with Crippen LogP contribution in [-0.4, -0.2) is 0 Å². The zero-order valence-corrected chi connectivity index (χ0v) is 22.8. The predicted octanol–water partition coefficient (Wildman–Crippen LogP) is 11.1. The van der Waals surface area contributed by atoms with Crippen molar-refractivity contribution in [1.82, 2.24) is 0 Å². The number of rotatable bonds is 5. The maximum Gasteiger partial charge on any atom is 0.0601 e. The molecular formula is C28H23Cl4NS. The van der Waals surface area contributed by atoms with Gasteiger partial charge in [0, 0.05) is 36.1 Å². The van der Waals surface area contributed by atoms with E-state index in [1.165, 1.54) is 17.5 Å². The molecule has 0 radical (unpaired) electrons. The first kappa shape index (κ1) is 25.3. The van der Waals surface area contributed by atoms with E-state index < -0.39 is 0 Å². The molecule has 0 aliphatic carbocycles. The Kier molecular flexibility index (Phi) is 7.76. The van der Waals surface area contributed by atoms with E-state index in [4.69, 9.17) is 46.4 Å². The van der Waals surface area contributed by atoms with Crippen molar-refractivity contribution in [2.45, 2.75) is 31.1 Å². The zero-order chi connectivity index (χ0) is 24.5. The van der Waals surface area contributed by atoms with E-state index in [-0.39, 0.29) is 5.41 Å². The minimum atomic E-state index is -0.0471. The summed E-state index contributed by atoms with van der Waals surface area (Å²) in [6.45, 7) is 6.65. The fourth-order valence-electron chi connectivity index (χ4n) is 3.60. The Bertz CT molecular complexity index is 1220. The first-order chi connectivity index (χ1) is 16.1. The fraction of sp³-hybridized carbons (Fsp3) is 0.143. The molecule has 0 unspecified atom stereocenters. The Labute approximate surface area is 225 Å². The van der Waals surface area contributed by atoms with Gasteiger partial charge in [-0.2, -0.15) is 0 Å². The van der Waals surface area contributed by atoms with Gasteiger partial charge in [0.05, 0.1) is 5.69 Å². The third-order valence-electron chi connectivity index (χ3n) is 5.42. The van der Waals surface area contributed by atoms with Crippen molar-refractivity contribution in [3.05, 3.63) is 105 Å². The summed E-state index contributed by atoms with van der Waals surface area (Å²) < 4.78 is 3.59. The van der Waals surface area contributed by atoms with Crippen LogP contribution in [0.3, 0.4) is 0 Å². The lowest BCUT2D eigenvalue weighted by atomic mass is 9.82. The van der Waals surface area contributed by atoms with Crippen molar-refractivity contribution in [3.63, 3.8) is 0 Å². The molecule has 4 aromatic rings. The molecule has 4 rings (SSSR count). The molecule has 6 heteroatoms. The van der Waals surface area contributed by atoms with E-state index in [9.17, 15) is 0 Å². The zero-order valence-electron chi connectivity index (χ0n) is 18.9. The molecule has 1 N–H and O–H groups in total. The Morgan fingerprint density at radius 2 is 1.03 bits per heavy atom. The van der Waals surface area contributed by atoms with Gasteiger partial charge < -0.3 is 4.72 Å². The van der Waals surface area contributed by atoms with Gasteiger partial charge >= 0.3 is 0 Å². The molecular weight excluding hydrogens is 524 g/mol. The molecule has 174 valence electrons. The normalized spacial score (nSPS) is 11.5. The number of benzene rings is 4. The van der Waals surface area contributed by atoms with Gasteiger partial charge in [0.15, 0.2) is 0 Å². The maximum atomic E-state index is 6.24. The van der Waals surface area contributed by atoms with Crippen LogP contribution in [0.4, 0.5) is 5.69 Å². The van der Waals surface area contributed by atoms with Gasteiger partial charge in [-0.05, 0) is 88.7 Å². The van der Waals surface area contributed by atoms with Crippen LogP contribution < -0.4 is 4.72 Å². The Balaban J connectivity index is 1.92. The summed E-state index contributed by atoms with van der Waals surface area (Å²) in [4.78, 5) is 0.918. The van der Waals surface area contributed by atoms with Gasteiger partial charge in [0.1, 0.15) is 0 Å². The summed E-state index contributed by atoms with van der Waals surface area (Å²) in [5, 5.41) is 2.59. The van der Waals surface area contributed by atoms with Gasteiger partial charge in [0.25, 0.3) is 0 Å². The van der Waals surface area contributed by atoms with Crippen molar-refractivity contribution in [2.24, 2.45) is 0 Å². The van der Waals surface area contributed by atoms with Crippen LogP contribution >= 0.6 is 58.4 Å². The Morgan fingerprint density at radius 3 is 1.44 bits per heavy atom. The van der Waals surface area contributed by atoms with Crippen LogP contribution in [0, 0.1) is 0 Å². The molecule has 0 fully saturated rings. The van der Waals surface area contributed by atoms with Crippen molar-refractivity contribution in [1.29, 1.82) is 0 Å². The molecule has 1 nitrogen and oxygen atoms in total. The molecule has 0 aromatic heterocycles. The smallest absolute Gasteiger partial charge is 0.0601 e. The average Bonchev–Trinajstić information content (AvgIpc) is 2.77. The Morgan fingerprint density at radius 1 is 0.588 bits per heavy atom. The van der Waals surface area contributed by atoms with E-state index >= 15 is 0 Å². The molecule has 0 atom stereocenters. The highest BCUT2D eigenvalue weighted by molar-refractivity contribution is 8.00. The van der Waals surface area contributed by atoms with E-state index in [0.717, 1.165) is 32.8 Å². The first-order valence-electron chi connectivity index (χ1n) is 10.7. The van der Waals surface area contributed by atoms with Crippen LogP contribution in [0.2, 0.25) is 20.1 Å². The highest BCUT2D eigenvalue weighted by Gasteiger charge is 2.21. The summed E-state index contributed by atoms with van der Waals surface area (Å²) in [6, 6.07) is 25.8.